The van der Waals surface area contributed by atoms with Crippen molar-refractivity contribution in [2.24, 2.45) is 0 Å². The fourth-order valence-electron chi connectivity index (χ4n) is 1.81. The van der Waals surface area contributed by atoms with Crippen LogP contribution in [-0.2, 0) is 4.74 Å². The molecule has 2 nitrogen and oxygen atoms in total. The maximum Gasteiger partial charge on any atom is 0.140 e. The highest BCUT2D eigenvalue weighted by Gasteiger charge is 2.21. The van der Waals surface area contributed by atoms with Gasteiger partial charge in [-0.3, -0.25) is 0 Å². The molecule has 0 atom stereocenters. The van der Waals surface area contributed by atoms with Gasteiger partial charge in [0, 0.05) is 5.57 Å². The van der Waals surface area contributed by atoms with E-state index >= 15 is 0 Å². The Hall–Kier alpha value is -1.70. The van der Waals surface area contributed by atoms with Crippen molar-refractivity contribution in [2.75, 3.05) is 6.61 Å². The lowest BCUT2D eigenvalue weighted by Gasteiger charge is -2.24. The van der Waals surface area contributed by atoms with E-state index in [2.05, 4.69) is 0 Å². The second-order valence-electron chi connectivity index (χ2n) is 3.41. The lowest BCUT2D eigenvalue weighted by molar-refractivity contribution is 0.318. The first-order valence-corrected chi connectivity index (χ1v) is 4.71. The molecule has 2 heterocycles. The average molecular weight is 186 g/mol. The van der Waals surface area contributed by atoms with Gasteiger partial charge in [0.15, 0.2) is 0 Å². The fraction of sp³-hybridized carbons (Fsp3) is 0.167. The zero-order chi connectivity index (χ0) is 9.38. The number of rotatable bonds is 0. The molecular weight excluding hydrogens is 176 g/mol. The summed E-state index contributed by atoms with van der Waals surface area (Å²) in [4.78, 5) is 0. The van der Waals surface area contributed by atoms with Crippen LogP contribution in [0.15, 0.2) is 42.2 Å². The van der Waals surface area contributed by atoms with E-state index in [1.165, 1.54) is 5.57 Å². The Labute approximate surface area is 82.5 Å². The quantitative estimate of drug-likeness (QED) is 0.620. The van der Waals surface area contributed by atoms with Crippen molar-refractivity contribution < 1.29 is 9.47 Å². The summed E-state index contributed by atoms with van der Waals surface area (Å²) in [5.41, 5.74) is 2.30. The lowest BCUT2D eigenvalue weighted by Crippen LogP contribution is -2.13. The van der Waals surface area contributed by atoms with E-state index in [-0.39, 0.29) is 0 Å². The molecule has 0 spiro atoms. The molecule has 2 aliphatic heterocycles. The van der Waals surface area contributed by atoms with Crippen molar-refractivity contribution in [3.63, 3.8) is 0 Å². The van der Waals surface area contributed by atoms with Gasteiger partial charge in [-0.1, -0.05) is 12.1 Å². The topological polar surface area (TPSA) is 18.5 Å². The van der Waals surface area contributed by atoms with Crippen LogP contribution >= 0.6 is 0 Å². The lowest BCUT2D eigenvalue weighted by atomic mass is 10.0. The number of benzene rings is 1. The maximum absolute atomic E-state index is 5.62. The Morgan fingerprint density at radius 3 is 3.07 bits per heavy atom. The van der Waals surface area contributed by atoms with Crippen LogP contribution in [0.2, 0.25) is 0 Å². The third-order valence-corrected chi connectivity index (χ3v) is 2.50. The highest BCUT2D eigenvalue weighted by molar-refractivity contribution is 5.71. The van der Waals surface area contributed by atoms with Crippen molar-refractivity contribution in [1.82, 2.24) is 0 Å². The standard InChI is InChI=1S/C12H10O2/c1-2-6-11-10(5-1)12-9(8-14-11)4-3-7-13-12/h1-3,5-7H,4,8H2. The van der Waals surface area contributed by atoms with Gasteiger partial charge in [0.1, 0.15) is 18.1 Å². The van der Waals surface area contributed by atoms with E-state index in [4.69, 9.17) is 9.47 Å². The van der Waals surface area contributed by atoms with Crippen LogP contribution in [-0.4, -0.2) is 6.61 Å². The number of ether oxygens (including phenoxy) is 2. The van der Waals surface area contributed by atoms with E-state index in [0.717, 1.165) is 23.5 Å². The minimum Gasteiger partial charge on any atom is -0.488 e. The van der Waals surface area contributed by atoms with Gasteiger partial charge in [-0.2, -0.15) is 0 Å². The normalized spacial score (nSPS) is 18.0. The molecule has 0 radical (unpaired) electrons. The molecule has 3 rings (SSSR count). The molecule has 0 N–H and O–H groups in total. The smallest absolute Gasteiger partial charge is 0.140 e. The van der Waals surface area contributed by atoms with Crippen LogP contribution in [0.4, 0.5) is 0 Å². The van der Waals surface area contributed by atoms with Crippen LogP contribution in [0.3, 0.4) is 0 Å². The first kappa shape index (κ1) is 7.68. The van der Waals surface area contributed by atoms with Gasteiger partial charge >= 0.3 is 0 Å². The Bertz CT molecular complexity index is 430. The summed E-state index contributed by atoms with van der Waals surface area (Å²) in [5, 5.41) is 0. The summed E-state index contributed by atoms with van der Waals surface area (Å²) in [5.74, 6) is 1.90. The SMILES string of the molecule is C1=COC2=C(C1)COc1ccccc12. The Morgan fingerprint density at radius 1 is 1.14 bits per heavy atom. The number of hydrogen-bond acceptors (Lipinski definition) is 2. The van der Waals surface area contributed by atoms with Gasteiger partial charge < -0.3 is 9.47 Å². The highest BCUT2D eigenvalue weighted by atomic mass is 16.5. The predicted molar refractivity (Wildman–Crippen MR) is 53.7 cm³/mol. The van der Waals surface area contributed by atoms with E-state index in [0.29, 0.717) is 6.61 Å². The monoisotopic (exact) mass is 186 g/mol. The molecule has 0 aromatic heterocycles. The second kappa shape index (κ2) is 2.91. The van der Waals surface area contributed by atoms with E-state index in [9.17, 15) is 0 Å². The van der Waals surface area contributed by atoms with E-state index < -0.39 is 0 Å². The molecule has 0 saturated heterocycles. The second-order valence-corrected chi connectivity index (χ2v) is 3.41. The van der Waals surface area contributed by atoms with Crippen LogP contribution in [0.5, 0.6) is 5.75 Å². The molecule has 70 valence electrons. The van der Waals surface area contributed by atoms with E-state index in [1.54, 1.807) is 6.26 Å². The minimum absolute atomic E-state index is 0.649. The van der Waals surface area contributed by atoms with Crippen LogP contribution < -0.4 is 4.74 Å². The first-order valence-electron chi connectivity index (χ1n) is 4.71. The number of hydrogen-bond donors (Lipinski definition) is 0. The zero-order valence-corrected chi connectivity index (χ0v) is 7.69. The van der Waals surface area contributed by atoms with Gasteiger partial charge in [0.25, 0.3) is 0 Å². The van der Waals surface area contributed by atoms with Gasteiger partial charge in [0.2, 0.25) is 0 Å². The molecular formula is C12H10O2. The molecule has 0 aliphatic carbocycles. The molecule has 0 unspecified atom stereocenters. The third-order valence-electron chi connectivity index (χ3n) is 2.50. The van der Waals surface area contributed by atoms with Crippen LogP contribution in [0.25, 0.3) is 5.76 Å². The number of allylic oxidation sites excluding steroid dienone is 1. The molecule has 2 aliphatic rings. The summed E-state index contributed by atoms with van der Waals surface area (Å²) in [6.45, 7) is 0.649. The average Bonchev–Trinajstić information content (AvgIpc) is 2.29. The summed E-state index contributed by atoms with van der Waals surface area (Å²) >= 11 is 0. The summed E-state index contributed by atoms with van der Waals surface area (Å²) < 4.78 is 11.1. The van der Waals surface area contributed by atoms with Gasteiger partial charge in [-0.25, -0.2) is 0 Å². The van der Waals surface area contributed by atoms with Crippen molar-refractivity contribution in [3.05, 3.63) is 47.7 Å². The molecule has 0 fully saturated rings. The van der Waals surface area contributed by atoms with Crippen molar-refractivity contribution >= 4 is 5.76 Å². The van der Waals surface area contributed by atoms with Crippen molar-refractivity contribution in [2.45, 2.75) is 6.42 Å². The van der Waals surface area contributed by atoms with Crippen molar-refractivity contribution in [1.29, 1.82) is 0 Å². The van der Waals surface area contributed by atoms with Crippen LogP contribution in [0, 0.1) is 0 Å². The Morgan fingerprint density at radius 2 is 2.07 bits per heavy atom. The highest BCUT2D eigenvalue weighted by Crippen LogP contribution is 2.36. The van der Waals surface area contributed by atoms with E-state index in [1.807, 2.05) is 30.3 Å². The minimum atomic E-state index is 0.649. The van der Waals surface area contributed by atoms with Gasteiger partial charge in [-0.05, 0) is 24.6 Å². The Kier molecular flexibility index (Phi) is 1.60. The molecule has 0 amide bonds. The zero-order valence-electron chi connectivity index (χ0n) is 7.69. The number of para-hydroxylation sites is 1. The van der Waals surface area contributed by atoms with Gasteiger partial charge in [0.05, 0.1) is 11.8 Å². The molecule has 0 bridgehead atoms. The summed E-state index contributed by atoms with van der Waals surface area (Å²) in [7, 11) is 0. The maximum atomic E-state index is 5.62. The summed E-state index contributed by atoms with van der Waals surface area (Å²) in [6.07, 6.45) is 4.70. The van der Waals surface area contributed by atoms with Gasteiger partial charge in [-0.15, -0.1) is 0 Å². The fourth-order valence-corrected chi connectivity index (χ4v) is 1.81. The third kappa shape index (κ3) is 1.04. The van der Waals surface area contributed by atoms with Crippen molar-refractivity contribution in [3.8, 4) is 5.75 Å². The molecule has 1 aromatic rings. The molecule has 0 saturated carbocycles. The Balaban J connectivity index is 2.14. The molecule has 1 aromatic carbocycles. The first-order chi connectivity index (χ1) is 6.95. The largest absolute Gasteiger partial charge is 0.488 e. The molecule has 2 heteroatoms. The predicted octanol–water partition coefficient (Wildman–Crippen LogP) is 2.72. The molecule has 14 heavy (non-hydrogen) atoms. The number of fused-ring (bicyclic) bond motifs is 2. The van der Waals surface area contributed by atoms with Crippen LogP contribution in [0.1, 0.15) is 12.0 Å². The summed E-state index contributed by atoms with van der Waals surface area (Å²) in [6, 6.07) is 7.98.